The number of hydrogen-bond donors (Lipinski definition) is 2. The minimum absolute atomic E-state index is 0.0140. The number of amides is 1. The average Bonchev–Trinajstić information content (AvgIpc) is 2.82. The lowest BCUT2D eigenvalue weighted by Gasteiger charge is -2.22. The first-order valence-electron chi connectivity index (χ1n) is 6.17. The topological polar surface area (TPSA) is 79.3 Å². The monoisotopic (exact) mass is 326 g/mol. The summed E-state index contributed by atoms with van der Waals surface area (Å²) in [5.74, 6) is -0.727. The summed E-state index contributed by atoms with van der Waals surface area (Å²) in [6.07, 6.45) is 4.48. The first-order chi connectivity index (χ1) is 9.02. The van der Waals surface area contributed by atoms with Crippen molar-refractivity contribution in [1.29, 1.82) is 0 Å². The second-order valence-electron chi connectivity index (χ2n) is 4.88. The molecule has 1 aromatic rings. The fraction of sp³-hybridized carbons (Fsp3) is 0.462. The number of nitrogens with one attached hydrogen (secondary N) is 1. The fourth-order valence-electron chi connectivity index (χ4n) is 2.46. The normalized spacial score (nSPS) is 17.1. The smallest absolute Gasteiger partial charge is 0.310 e. The van der Waals surface area contributed by atoms with Crippen LogP contribution in [0.3, 0.4) is 0 Å². The van der Waals surface area contributed by atoms with Crippen LogP contribution in [-0.2, 0) is 9.59 Å². The summed E-state index contributed by atoms with van der Waals surface area (Å²) in [5, 5.41) is 12.0. The molecule has 0 saturated heterocycles. The standard InChI is InChI=1S/C13H15BrN2O3/c14-9-3-4-10(15-8-9)16-11(17)7-13(12(18)19)5-1-2-6-13/h3-4,8H,1-2,5-7H2,(H,18,19)(H,15,16,17). The summed E-state index contributed by atoms with van der Waals surface area (Å²) in [7, 11) is 0. The summed E-state index contributed by atoms with van der Waals surface area (Å²) in [4.78, 5) is 27.3. The number of anilines is 1. The van der Waals surface area contributed by atoms with Crippen molar-refractivity contribution in [3.05, 3.63) is 22.8 Å². The quantitative estimate of drug-likeness (QED) is 0.891. The number of pyridine rings is 1. The molecule has 1 heterocycles. The maximum atomic E-state index is 11.9. The van der Waals surface area contributed by atoms with Crippen LogP contribution in [0.4, 0.5) is 5.82 Å². The van der Waals surface area contributed by atoms with Crippen LogP contribution in [0.15, 0.2) is 22.8 Å². The van der Waals surface area contributed by atoms with E-state index >= 15 is 0 Å². The summed E-state index contributed by atoms with van der Waals surface area (Å²) in [6, 6.07) is 3.44. The van der Waals surface area contributed by atoms with Crippen LogP contribution in [0, 0.1) is 5.41 Å². The minimum Gasteiger partial charge on any atom is -0.481 e. The van der Waals surface area contributed by atoms with E-state index in [4.69, 9.17) is 0 Å². The Morgan fingerprint density at radius 2 is 2.05 bits per heavy atom. The van der Waals surface area contributed by atoms with Gasteiger partial charge in [0.2, 0.25) is 5.91 Å². The third kappa shape index (κ3) is 3.32. The van der Waals surface area contributed by atoms with Gasteiger partial charge in [-0.1, -0.05) is 12.8 Å². The second kappa shape index (κ2) is 5.69. The highest BCUT2D eigenvalue weighted by atomic mass is 79.9. The van der Waals surface area contributed by atoms with E-state index in [1.54, 1.807) is 18.3 Å². The molecule has 1 fully saturated rings. The molecule has 1 aliphatic carbocycles. The van der Waals surface area contributed by atoms with Gasteiger partial charge in [0, 0.05) is 17.1 Å². The van der Waals surface area contributed by atoms with Crippen molar-refractivity contribution in [2.24, 2.45) is 5.41 Å². The molecular formula is C13H15BrN2O3. The zero-order valence-electron chi connectivity index (χ0n) is 10.4. The number of halogens is 1. The highest BCUT2D eigenvalue weighted by Gasteiger charge is 2.42. The van der Waals surface area contributed by atoms with Crippen molar-refractivity contribution in [3.8, 4) is 0 Å². The molecule has 102 valence electrons. The fourth-order valence-corrected chi connectivity index (χ4v) is 2.70. The van der Waals surface area contributed by atoms with Crippen LogP contribution in [0.25, 0.3) is 0 Å². The van der Waals surface area contributed by atoms with Crippen LogP contribution in [-0.4, -0.2) is 22.0 Å². The molecule has 19 heavy (non-hydrogen) atoms. The number of aromatic nitrogens is 1. The molecule has 2 N–H and O–H groups in total. The summed E-state index contributed by atoms with van der Waals surface area (Å²) >= 11 is 3.26. The molecule has 6 heteroatoms. The molecule has 2 rings (SSSR count). The Morgan fingerprint density at radius 1 is 1.37 bits per heavy atom. The van der Waals surface area contributed by atoms with Gasteiger partial charge in [0.15, 0.2) is 0 Å². The van der Waals surface area contributed by atoms with E-state index in [2.05, 4.69) is 26.2 Å². The third-order valence-electron chi connectivity index (χ3n) is 3.51. The van der Waals surface area contributed by atoms with Gasteiger partial charge in [0.25, 0.3) is 0 Å². The van der Waals surface area contributed by atoms with Crippen LogP contribution < -0.4 is 5.32 Å². The number of hydrogen-bond acceptors (Lipinski definition) is 3. The highest BCUT2D eigenvalue weighted by molar-refractivity contribution is 9.10. The second-order valence-corrected chi connectivity index (χ2v) is 5.79. The Morgan fingerprint density at radius 3 is 2.58 bits per heavy atom. The SMILES string of the molecule is O=C(CC1(C(=O)O)CCCC1)Nc1ccc(Br)cn1. The van der Waals surface area contributed by atoms with Gasteiger partial charge in [0.05, 0.1) is 5.41 Å². The van der Waals surface area contributed by atoms with Crippen LogP contribution in [0.2, 0.25) is 0 Å². The molecule has 5 nitrogen and oxygen atoms in total. The largest absolute Gasteiger partial charge is 0.481 e. The molecule has 0 atom stereocenters. The number of carbonyl (C=O) groups is 2. The number of carboxylic acid groups (broad SMARTS) is 1. The van der Waals surface area contributed by atoms with Gasteiger partial charge in [-0.25, -0.2) is 4.98 Å². The van der Waals surface area contributed by atoms with Crippen LogP contribution in [0.5, 0.6) is 0 Å². The Hall–Kier alpha value is -1.43. The van der Waals surface area contributed by atoms with Gasteiger partial charge in [-0.2, -0.15) is 0 Å². The van der Waals surface area contributed by atoms with E-state index in [1.165, 1.54) is 0 Å². The van der Waals surface area contributed by atoms with Crippen LogP contribution >= 0.6 is 15.9 Å². The lowest BCUT2D eigenvalue weighted by molar-refractivity contribution is -0.150. The van der Waals surface area contributed by atoms with Crippen molar-refractivity contribution in [3.63, 3.8) is 0 Å². The average molecular weight is 327 g/mol. The zero-order chi connectivity index (χ0) is 13.9. The molecule has 0 radical (unpaired) electrons. The van der Waals surface area contributed by atoms with Crippen molar-refractivity contribution in [1.82, 2.24) is 4.98 Å². The number of carboxylic acids is 1. The van der Waals surface area contributed by atoms with E-state index in [9.17, 15) is 14.7 Å². The molecule has 1 aromatic heterocycles. The molecule has 0 aromatic carbocycles. The Bertz CT molecular complexity index is 481. The van der Waals surface area contributed by atoms with Crippen molar-refractivity contribution in [2.75, 3.05) is 5.32 Å². The Labute approximate surface area is 119 Å². The van der Waals surface area contributed by atoms with Crippen molar-refractivity contribution in [2.45, 2.75) is 32.1 Å². The van der Waals surface area contributed by atoms with E-state index < -0.39 is 11.4 Å². The van der Waals surface area contributed by atoms with E-state index in [-0.39, 0.29) is 12.3 Å². The summed E-state index contributed by atoms with van der Waals surface area (Å²) in [5.41, 5.74) is -0.889. The summed E-state index contributed by atoms with van der Waals surface area (Å²) < 4.78 is 0.822. The van der Waals surface area contributed by atoms with Gasteiger partial charge in [-0.3, -0.25) is 9.59 Å². The maximum Gasteiger partial charge on any atom is 0.310 e. The molecule has 1 amide bonds. The lowest BCUT2D eigenvalue weighted by Crippen LogP contribution is -2.32. The molecule has 0 unspecified atom stereocenters. The number of rotatable bonds is 4. The number of nitrogens with zero attached hydrogens (tertiary/aromatic N) is 1. The number of carbonyl (C=O) groups excluding carboxylic acids is 1. The van der Waals surface area contributed by atoms with Gasteiger partial charge in [-0.15, -0.1) is 0 Å². The lowest BCUT2D eigenvalue weighted by atomic mass is 9.82. The predicted molar refractivity (Wildman–Crippen MR) is 73.7 cm³/mol. The van der Waals surface area contributed by atoms with Crippen molar-refractivity contribution >= 4 is 33.6 Å². The minimum atomic E-state index is -0.889. The molecular weight excluding hydrogens is 312 g/mol. The first-order valence-corrected chi connectivity index (χ1v) is 6.96. The van der Waals surface area contributed by atoms with Gasteiger partial charge in [0.1, 0.15) is 5.82 Å². The van der Waals surface area contributed by atoms with Gasteiger partial charge in [-0.05, 0) is 40.9 Å². The van der Waals surface area contributed by atoms with Gasteiger partial charge >= 0.3 is 5.97 Å². The van der Waals surface area contributed by atoms with E-state index in [0.717, 1.165) is 17.3 Å². The number of aliphatic carboxylic acids is 1. The predicted octanol–water partition coefficient (Wildman–Crippen LogP) is 2.82. The molecule has 0 spiro atoms. The van der Waals surface area contributed by atoms with E-state index in [0.29, 0.717) is 18.7 Å². The zero-order valence-corrected chi connectivity index (χ0v) is 11.9. The maximum absolute atomic E-state index is 11.9. The molecule has 0 aliphatic heterocycles. The molecule has 0 bridgehead atoms. The molecule has 1 saturated carbocycles. The van der Waals surface area contributed by atoms with E-state index in [1.807, 2.05) is 0 Å². The van der Waals surface area contributed by atoms with Crippen molar-refractivity contribution < 1.29 is 14.7 Å². The Balaban J connectivity index is 2.00. The van der Waals surface area contributed by atoms with Crippen LogP contribution in [0.1, 0.15) is 32.1 Å². The molecule has 1 aliphatic rings. The summed E-state index contributed by atoms with van der Waals surface area (Å²) in [6.45, 7) is 0. The highest BCUT2D eigenvalue weighted by Crippen LogP contribution is 2.41. The van der Waals surface area contributed by atoms with Gasteiger partial charge < -0.3 is 10.4 Å². The third-order valence-corrected chi connectivity index (χ3v) is 3.98. The first kappa shape index (κ1) is 14.0. The Kier molecular flexibility index (Phi) is 4.19.